The lowest BCUT2D eigenvalue weighted by atomic mass is 10.3. The summed E-state index contributed by atoms with van der Waals surface area (Å²) in [7, 11) is 0. The van der Waals surface area contributed by atoms with E-state index in [0.29, 0.717) is 12.2 Å². The Morgan fingerprint density at radius 1 is 1.22 bits per heavy atom. The van der Waals surface area contributed by atoms with Crippen LogP contribution in [0.5, 0.6) is 0 Å². The molecule has 1 amide bonds. The monoisotopic (exact) mass is 343 g/mol. The van der Waals surface area contributed by atoms with Crippen molar-refractivity contribution < 1.29 is 4.79 Å². The normalized spacial score (nSPS) is 14.4. The maximum Gasteiger partial charge on any atom is 0.227 e. The number of hydrogen-bond acceptors (Lipinski definition) is 7. The van der Waals surface area contributed by atoms with Crippen molar-refractivity contribution in [3.05, 3.63) is 35.3 Å². The molecule has 3 aromatic rings. The van der Waals surface area contributed by atoms with Crippen molar-refractivity contribution in [3.63, 3.8) is 0 Å². The van der Waals surface area contributed by atoms with Gasteiger partial charge >= 0.3 is 0 Å². The second kappa shape index (κ2) is 6.05. The zero-order valence-electron chi connectivity index (χ0n) is 12.1. The van der Waals surface area contributed by atoms with E-state index in [4.69, 9.17) is 0 Å². The zero-order valence-corrected chi connectivity index (χ0v) is 13.7. The summed E-state index contributed by atoms with van der Waals surface area (Å²) in [4.78, 5) is 26.6. The van der Waals surface area contributed by atoms with Crippen LogP contribution in [-0.4, -0.2) is 27.4 Å². The number of rotatable bonds is 4. The second-order valence-corrected chi connectivity index (χ2v) is 6.80. The maximum absolute atomic E-state index is 11.7. The third-order valence-corrected chi connectivity index (χ3v) is 5.08. The fourth-order valence-electron chi connectivity index (χ4n) is 2.43. The molecule has 8 heteroatoms. The molecule has 0 radical (unpaired) electrons. The quantitative estimate of drug-likeness (QED) is 0.784. The number of aromatic nitrogens is 3. The number of nitrogens with one attached hydrogen (secondary N) is 1. The SMILES string of the molecule is O=C1CCCN1c1ccc(Nc2nc(-c3nccs3)cs2)nc1. The van der Waals surface area contributed by atoms with Crippen LogP contribution in [0.1, 0.15) is 12.8 Å². The highest BCUT2D eigenvalue weighted by Gasteiger charge is 2.21. The number of hydrogen-bond donors (Lipinski definition) is 1. The third kappa shape index (κ3) is 2.95. The minimum atomic E-state index is 0.167. The number of pyridine rings is 1. The lowest BCUT2D eigenvalue weighted by Gasteiger charge is -2.15. The van der Waals surface area contributed by atoms with Crippen LogP contribution in [0, 0.1) is 0 Å². The number of nitrogens with zero attached hydrogens (tertiary/aromatic N) is 4. The van der Waals surface area contributed by atoms with Crippen molar-refractivity contribution in [2.75, 3.05) is 16.8 Å². The van der Waals surface area contributed by atoms with E-state index in [-0.39, 0.29) is 5.91 Å². The van der Waals surface area contributed by atoms with Gasteiger partial charge in [0.15, 0.2) is 5.13 Å². The van der Waals surface area contributed by atoms with Gasteiger partial charge in [-0.1, -0.05) is 0 Å². The molecule has 4 heterocycles. The van der Waals surface area contributed by atoms with Crippen LogP contribution in [0.3, 0.4) is 0 Å². The van der Waals surface area contributed by atoms with Crippen molar-refractivity contribution in [1.82, 2.24) is 15.0 Å². The fourth-order valence-corrected chi connectivity index (χ4v) is 3.80. The van der Waals surface area contributed by atoms with E-state index in [1.165, 1.54) is 11.3 Å². The highest BCUT2D eigenvalue weighted by atomic mass is 32.1. The first kappa shape index (κ1) is 14.3. The highest BCUT2D eigenvalue weighted by molar-refractivity contribution is 7.15. The van der Waals surface area contributed by atoms with E-state index in [0.717, 1.165) is 34.5 Å². The molecule has 1 aliphatic heterocycles. The summed E-state index contributed by atoms with van der Waals surface area (Å²) in [6, 6.07) is 3.78. The van der Waals surface area contributed by atoms with Gasteiger partial charge in [0.05, 0.1) is 11.9 Å². The van der Waals surface area contributed by atoms with Crippen LogP contribution in [0.15, 0.2) is 35.3 Å². The molecular formula is C15H13N5OS2. The molecule has 0 aromatic carbocycles. The lowest BCUT2D eigenvalue weighted by Crippen LogP contribution is -2.23. The van der Waals surface area contributed by atoms with E-state index >= 15 is 0 Å². The second-order valence-electron chi connectivity index (χ2n) is 5.05. The average Bonchev–Trinajstić information content (AvgIpc) is 3.29. The Labute approximate surface area is 140 Å². The van der Waals surface area contributed by atoms with E-state index in [9.17, 15) is 4.79 Å². The molecule has 1 N–H and O–H groups in total. The summed E-state index contributed by atoms with van der Waals surface area (Å²) in [5, 5.41) is 8.77. The Kier molecular flexibility index (Phi) is 3.76. The predicted octanol–water partition coefficient (Wildman–Crippen LogP) is 3.53. The Morgan fingerprint density at radius 3 is 2.87 bits per heavy atom. The summed E-state index contributed by atoms with van der Waals surface area (Å²) in [6.45, 7) is 0.775. The predicted molar refractivity (Wildman–Crippen MR) is 92.3 cm³/mol. The molecule has 0 aliphatic carbocycles. The number of thiazole rings is 2. The maximum atomic E-state index is 11.7. The molecule has 0 spiro atoms. The number of amides is 1. The van der Waals surface area contributed by atoms with Gasteiger partial charge in [0.1, 0.15) is 16.5 Å². The van der Waals surface area contributed by atoms with Crippen LogP contribution in [0.2, 0.25) is 0 Å². The minimum absolute atomic E-state index is 0.167. The van der Waals surface area contributed by atoms with E-state index in [2.05, 4.69) is 20.3 Å². The Bertz CT molecular complexity index is 813. The van der Waals surface area contributed by atoms with Crippen molar-refractivity contribution in [3.8, 4) is 10.7 Å². The van der Waals surface area contributed by atoms with Gasteiger partial charge in [0.25, 0.3) is 0 Å². The molecule has 1 aliphatic rings. The molecule has 6 nitrogen and oxygen atoms in total. The molecule has 116 valence electrons. The first-order valence-corrected chi connectivity index (χ1v) is 8.94. The van der Waals surface area contributed by atoms with Gasteiger partial charge in [0, 0.05) is 29.9 Å². The zero-order chi connectivity index (χ0) is 15.6. The van der Waals surface area contributed by atoms with Gasteiger partial charge in [-0.05, 0) is 18.6 Å². The molecular weight excluding hydrogens is 330 g/mol. The molecule has 1 saturated heterocycles. The van der Waals surface area contributed by atoms with Crippen LogP contribution < -0.4 is 10.2 Å². The van der Waals surface area contributed by atoms with Gasteiger partial charge in [-0.25, -0.2) is 15.0 Å². The first-order valence-electron chi connectivity index (χ1n) is 7.18. The molecule has 23 heavy (non-hydrogen) atoms. The lowest BCUT2D eigenvalue weighted by molar-refractivity contribution is -0.117. The summed E-state index contributed by atoms with van der Waals surface area (Å²) in [5.41, 5.74) is 1.72. The third-order valence-electron chi connectivity index (χ3n) is 3.52. The largest absolute Gasteiger partial charge is 0.316 e. The number of carbonyl (C=O) groups is 1. The van der Waals surface area contributed by atoms with Crippen LogP contribution in [-0.2, 0) is 4.79 Å². The molecule has 0 bridgehead atoms. The van der Waals surface area contributed by atoms with Crippen LogP contribution in [0.25, 0.3) is 10.7 Å². The van der Waals surface area contributed by atoms with Crippen LogP contribution in [0.4, 0.5) is 16.6 Å². The van der Waals surface area contributed by atoms with Crippen molar-refractivity contribution in [1.29, 1.82) is 0 Å². The molecule has 0 saturated carbocycles. The molecule has 1 fully saturated rings. The topological polar surface area (TPSA) is 71.0 Å². The Morgan fingerprint density at radius 2 is 2.17 bits per heavy atom. The standard InChI is InChI=1S/C15H13N5OS2/c21-13-2-1-6-20(13)10-3-4-12(17-8-10)19-15-18-11(9-23-15)14-16-5-7-22-14/h3-5,7-9H,1-2,6H2,(H,17,18,19). The molecule has 0 unspecified atom stereocenters. The Hall–Kier alpha value is -2.32. The van der Waals surface area contributed by atoms with Crippen molar-refractivity contribution >= 4 is 45.2 Å². The van der Waals surface area contributed by atoms with Gasteiger partial charge in [-0.3, -0.25) is 4.79 Å². The molecule has 0 atom stereocenters. The summed E-state index contributed by atoms with van der Waals surface area (Å²) in [5.74, 6) is 0.876. The van der Waals surface area contributed by atoms with Gasteiger partial charge in [0.2, 0.25) is 5.91 Å². The summed E-state index contributed by atoms with van der Waals surface area (Å²) >= 11 is 3.08. The first-order chi connectivity index (χ1) is 11.3. The van der Waals surface area contributed by atoms with E-state index in [1.54, 1.807) is 28.6 Å². The average molecular weight is 343 g/mol. The van der Waals surface area contributed by atoms with Gasteiger partial charge < -0.3 is 10.2 Å². The fraction of sp³-hybridized carbons (Fsp3) is 0.200. The van der Waals surface area contributed by atoms with E-state index < -0.39 is 0 Å². The van der Waals surface area contributed by atoms with Gasteiger partial charge in [-0.15, -0.1) is 22.7 Å². The number of carbonyl (C=O) groups excluding carboxylic acids is 1. The van der Waals surface area contributed by atoms with Crippen molar-refractivity contribution in [2.45, 2.75) is 12.8 Å². The Balaban J connectivity index is 1.48. The minimum Gasteiger partial charge on any atom is -0.316 e. The van der Waals surface area contributed by atoms with Gasteiger partial charge in [-0.2, -0.15) is 0 Å². The summed E-state index contributed by atoms with van der Waals surface area (Å²) in [6.07, 6.45) is 5.03. The van der Waals surface area contributed by atoms with E-state index in [1.807, 2.05) is 22.9 Å². The smallest absolute Gasteiger partial charge is 0.227 e. The number of anilines is 3. The molecule has 4 rings (SSSR count). The summed E-state index contributed by atoms with van der Waals surface area (Å²) < 4.78 is 0. The van der Waals surface area contributed by atoms with Crippen molar-refractivity contribution in [2.24, 2.45) is 0 Å². The highest BCUT2D eigenvalue weighted by Crippen LogP contribution is 2.28. The molecule has 3 aromatic heterocycles. The van der Waals surface area contributed by atoms with Crippen LogP contribution >= 0.6 is 22.7 Å².